The first-order valence-electron chi connectivity index (χ1n) is 5.71. The Labute approximate surface area is 110 Å². The van der Waals surface area contributed by atoms with E-state index in [1.54, 1.807) is 41.8 Å². The Morgan fingerprint density at radius 1 is 1.33 bits per heavy atom. The molecule has 0 aliphatic carbocycles. The molecule has 0 fully saturated rings. The van der Waals surface area contributed by atoms with Crippen molar-refractivity contribution in [1.82, 2.24) is 4.57 Å². The predicted molar refractivity (Wildman–Crippen MR) is 74.0 cm³/mol. The zero-order valence-corrected chi connectivity index (χ0v) is 11.2. The Balaban J connectivity index is 2.22. The number of aromatic nitrogens is 1. The number of benzene rings is 1. The van der Waals surface area contributed by atoms with Crippen molar-refractivity contribution in [3.63, 3.8) is 0 Å². The third-order valence-corrected chi connectivity index (χ3v) is 3.52. The molecule has 1 heterocycles. The molecule has 0 spiro atoms. The van der Waals surface area contributed by atoms with E-state index in [9.17, 15) is 0 Å². The maximum atomic E-state index is 9.16. The van der Waals surface area contributed by atoms with E-state index in [0.29, 0.717) is 0 Å². The van der Waals surface area contributed by atoms with Crippen molar-refractivity contribution in [2.75, 3.05) is 0 Å². The van der Waals surface area contributed by atoms with Crippen molar-refractivity contribution >= 4 is 17.6 Å². The van der Waals surface area contributed by atoms with Gasteiger partial charge >= 0.3 is 0 Å². The smallest absolute Gasteiger partial charge is 0.210 e. The number of aromatic hydroxyl groups is 1. The molecule has 0 unspecified atom stereocenters. The highest BCUT2D eigenvalue weighted by atomic mass is 32.1. The third kappa shape index (κ3) is 2.87. The van der Waals surface area contributed by atoms with Gasteiger partial charge in [-0.2, -0.15) is 5.10 Å². The summed E-state index contributed by atoms with van der Waals surface area (Å²) in [5.74, 6) is 0.252. The van der Waals surface area contributed by atoms with E-state index in [-0.39, 0.29) is 5.75 Å². The number of rotatable bonds is 3. The van der Waals surface area contributed by atoms with Gasteiger partial charge in [0.25, 0.3) is 0 Å². The number of phenols is 1. The van der Waals surface area contributed by atoms with Gasteiger partial charge in [-0.15, -0.1) is 16.4 Å². The molecule has 2 rings (SSSR count). The lowest BCUT2D eigenvalue weighted by Gasteiger charge is -1.98. The summed E-state index contributed by atoms with van der Waals surface area (Å²) in [5.41, 5.74) is 2.11. The number of phenolic OH excluding ortho intramolecular Hbond substituents is 1. The van der Waals surface area contributed by atoms with Crippen molar-refractivity contribution < 1.29 is 5.11 Å². The van der Waals surface area contributed by atoms with Gasteiger partial charge in [0, 0.05) is 17.6 Å². The Hall–Kier alpha value is -1.88. The Morgan fingerprint density at radius 2 is 2.06 bits per heavy atom. The molecule has 0 saturated heterocycles. The summed E-state index contributed by atoms with van der Waals surface area (Å²) in [7, 11) is 0. The summed E-state index contributed by atoms with van der Waals surface area (Å²) in [6.45, 7) is 5.04. The molecule has 1 N–H and O–H groups in total. The largest absolute Gasteiger partial charge is 0.508 e. The maximum Gasteiger partial charge on any atom is 0.210 e. The van der Waals surface area contributed by atoms with Gasteiger partial charge in [0.05, 0.1) is 6.21 Å². The molecule has 0 bridgehead atoms. The van der Waals surface area contributed by atoms with Crippen molar-refractivity contribution in [1.29, 1.82) is 0 Å². The number of hydrogen-bond donors (Lipinski definition) is 1. The average Bonchev–Trinajstić information content (AvgIpc) is 2.72. The molecule has 1 aromatic heterocycles. The summed E-state index contributed by atoms with van der Waals surface area (Å²) < 4.78 is 2.11. The van der Waals surface area contributed by atoms with E-state index in [2.05, 4.69) is 34.0 Å². The van der Waals surface area contributed by atoms with Gasteiger partial charge in [-0.1, -0.05) is 0 Å². The predicted octanol–water partition coefficient (Wildman–Crippen LogP) is 2.52. The first kappa shape index (κ1) is 12.6. The van der Waals surface area contributed by atoms with Crippen LogP contribution in [0.4, 0.5) is 0 Å². The second-order valence-corrected chi connectivity index (χ2v) is 4.68. The van der Waals surface area contributed by atoms with E-state index in [1.807, 2.05) is 0 Å². The molecule has 0 amide bonds. The number of thiazole rings is 1. The number of aryl methyl sites for hydroxylation is 1. The van der Waals surface area contributed by atoms with Gasteiger partial charge in [0.1, 0.15) is 5.75 Å². The molecule has 5 heteroatoms. The summed E-state index contributed by atoms with van der Waals surface area (Å²) in [6, 6.07) is 6.84. The van der Waals surface area contributed by atoms with Gasteiger partial charge in [-0.3, -0.25) is 0 Å². The molecule has 0 aliphatic rings. The van der Waals surface area contributed by atoms with Gasteiger partial charge in [0.15, 0.2) is 0 Å². The molecule has 0 radical (unpaired) electrons. The van der Waals surface area contributed by atoms with Crippen LogP contribution in [0.5, 0.6) is 5.75 Å². The van der Waals surface area contributed by atoms with Crippen LogP contribution in [0.2, 0.25) is 0 Å². The zero-order chi connectivity index (χ0) is 13.0. The molecular formula is C13H15N3OS. The van der Waals surface area contributed by atoms with Crippen LogP contribution in [-0.2, 0) is 6.54 Å². The van der Waals surface area contributed by atoms with Crippen LogP contribution in [0.3, 0.4) is 0 Å². The van der Waals surface area contributed by atoms with E-state index in [1.165, 1.54) is 5.69 Å². The minimum atomic E-state index is 0.252. The normalized spacial score (nSPS) is 12.4. The minimum Gasteiger partial charge on any atom is -0.508 e. The van der Waals surface area contributed by atoms with Gasteiger partial charge < -0.3 is 9.67 Å². The Morgan fingerprint density at radius 3 is 2.72 bits per heavy atom. The molecule has 1 aromatic carbocycles. The summed E-state index contributed by atoms with van der Waals surface area (Å²) in [6.07, 6.45) is 1.68. The van der Waals surface area contributed by atoms with Crippen LogP contribution >= 0.6 is 11.3 Å². The van der Waals surface area contributed by atoms with Crippen LogP contribution in [0.15, 0.2) is 39.8 Å². The van der Waals surface area contributed by atoms with E-state index >= 15 is 0 Å². The van der Waals surface area contributed by atoms with Crippen molar-refractivity contribution in [2.45, 2.75) is 20.4 Å². The third-order valence-electron chi connectivity index (χ3n) is 2.55. The molecule has 4 nitrogen and oxygen atoms in total. The molecule has 0 aliphatic heterocycles. The topological polar surface area (TPSA) is 49.9 Å². The SMILES string of the molecule is CCn1c(C)csc1=N/N=C/c1ccc(O)cc1. The van der Waals surface area contributed by atoms with Crippen LogP contribution in [0, 0.1) is 6.92 Å². The second kappa shape index (κ2) is 5.64. The lowest BCUT2D eigenvalue weighted by atomic mass is 10.2. The van der Waals surface area contributed by atoms with Gasteiger partial charge in [-0.25, -0.2) is 0 Å². The van der Waals surface area contributed by atoms with Crippen molar-refractivity contribution in [2.24, 2.45) is 10.2 Å². The zero-order valence-electron chi connectivity index (χ0n) is 10.4. The number of nitrogens with zero attached hydrogens (tertiary/aromatic N) is 3. The molecule has 0 saturated carbocycles. The highest BCUT2D eigenvalue weighted by molar-refractivity contribution is 7.07. The summed E-state index contributed by atoms with van der Waals surface area (Å²) >= 11 is 1.58. The number of hydrogen-bond acceptors (Lipinski definition) is 4. The molecular weight excluding hydrogens is 246 g/mol. The summed E-state index contributed by atoms with van der Waals surface area (Å²) in [4.78, 5) is 0.894. The Kier molecular flexibility index (Phi) is 3.94. The fraction of sp³-hybridized carbons (Fsp3) is 0.231. The fourth-order valence-corrected chi connectivity index (χ4v) is 2.48. The Bertz CT molecular complexity index is 608. The summed E-state index contributed by atoms with van der Waals surface area (Å²) in [5, 5.41) is 19.5. The highest BCUT2D eigenvalue weighted by Crippen LogP contribution is 2.07. The van der Waals surface area contributed by atoms with E-state index < -0.39 is 0 Å². The molecule has 2 aromatic rings. The minimum absolute atomic E-state index is 0.252. The first-order valence-corrected chi connectivity index (χ1v) is 6.59. The van der Waals surface area contributed by atoms with Crippen LogP contribution in [0.1, 0.15) is 18.2 Å². The van der Waals surface area contributed by atoms with Crippen LogP contribution < -0.4 is 4.80 Å². The lowest BCUT2D eigenvalue weighted by Crippen LogP contribution is -2.14. The lowest BCUT2D eigenvalue weighted by molar-refractivity contribution is 0.475. The second-order valence-electron chi connectivity index (χ2n) is 3.84. The average molecular weight is 261 g/mol. The fourth-order valence-electron chi connectivity index (χ4n) is 1.58. The standard InChI is InChI=1S/C13H15N3OS/c1-3-16-10(2)9-18-13(16)15-14-8-11-4-6-12(17)7-5-11/h4-9,17H,3H2,1-2H3/b14-8+,15-13?. The van der Waals surface area contributed by atoms with E-state index in [0.717, 1.165) is 16.9 Å². The molecule has 0 atom stereocenters. The maximum absolute atomic E-state index is 9.16. The van der Waals surface area contributed by atoms with Crippen molar-refractivity contribution in [3.05, 3.63) is 45.7 Å². The van der Waals surface area contributed by atoms with E-state index in [4.69, 9.17) is 5.11 Å². The molecule has 18 heavy (non-hydrogen) atoms. The quantitative estimate of drug-likeness (QED) is 0.670. The van der Waals surface area contributed by atoms with Crippen molar-refractivity contribution in [3.8, 4) is 5.75 Å². The van der Waals surface area contributed by atoms with Crippen LogP contribution in [0.25, 0.3) is 0 Å². The molecule has 94 valence electrons. The van der Waals surface area contributed by atoms with Gasteiger partial charge in [0.2, 0.25) is 4.80 Å². The van der Waals surface area contributed by atoms with Crippen LogP contribution in [-0.4, -0.2) is 15.9 Å². The monoisotopic (exact) mass is 261 g/mol. The first-order chi connectivity index (χ1) is 8.70. The highest BCUT2D eigenvalue weighted by Gasteiger charge is 1.96. The van der Waals surface area contributed by atoms with Gasteiger partial charge in [-0.05, 0) is 43.7 Å².